The van der Waals surface area contributed by atoms with Crippen LogP contribution in [0.5, 0.6) is 0 Å². The molecule has 0 bridgehead atoms. The predicted molar refractivity (Wildman–Crippen MR) is 105 cm³/mol. The molecule has 1 saturated heterocycles. The van der Waals surface area contributed by atoms with Crippen LogP contribution in [0.3, 0.4) is 0 Å². The van der Waals surface area contributed by atoms with Gasteiger partial charge in [-0.25, -0.2) is 9.97 Å². The highest BCUT2D eigenvalue weighted by Crippen LogP contribution is 2.22. The molecule has 0 radical (unpaired) electrons. The van der Waals surface area contributed by atoms with Crippen molar-refractivity contribution in [2.45, 2.75) is 0 Å². The van der Waals surface area contributed by atoms with Crippen molar-refractivity contribution in [1.29, 1.82) is 0 Å². The van der Waals surface area contributed by atoms with Crippen LogP contribution in [-0.2, 0) is 0 Å². The van der Waals surface area contributed by atoms with Gasteiger partial charge in [-0.1, -0.05) is 29.8 Å². The molecule has 0 aliphatic carbocycles. The molecule has 0 atom stereocenters. The number of rotatable bonds is 3. The Balaban J connectivity index is 1.41. The number of hydrogen-bond acceptors (Lipinski definition) is 5. The van der Waals surface area contributed by atoms with Crippen LogP contribution in [0.4, 0.5) is 5.95 Å². The van der Waals surface area contributed by atoms with E-state index in [2.05, 4.69) is 19.9 Å². The van der Waals surface area contributed by atoms with E-state index in [1.165, 1.54) is 0 Å². The van der Waals surface area contributed by atoms with Crippen molar-refractivity contribution in [3.8, 4) is 11.1 Å². The van der Waals surface area contributed by atoms with Gasteiger partial charge >= 0.3 is 0 Å². The molecule has 3 aromatic rings. The summed E-state index contributed by atoms with van der Waals surface area (Å²) < 4.78 is 0. The van der Waals surface area contributed by atoms with Crippen LogP contribution in [0.15, 0.2) is 61.1 Å². The molecule has 136 valence electrons. The second kappa shape index (κ2) is 7.72. The van der Waals surface area contributed by atoms with Gasteiger partial charge in [0.15, 0.2) is 0 Å². The average molecular weight is 380 g/mol. The first-order valence-corrected chi connectivity index (χ1v) is 9.12. The summed E-state index contributed by atoms with van der Waals surface area (Å²) in [4.78, 5) is 29.5. The summed E-state index contributed by atoms with van der Waals surface area (Å²) in [5.41, 5.74) is 2.36. The highest BCUT2D eigenvalue weighted by atomic mass is 35.5. The largest absolute Gasteiger partial charge is 0.337 e. The van der Waals surface area contributed by atoms with Crippen LogP contribution in [0.2, 0.25) is 5.02 Å². The zero-order chi connectivity index (χ0) is 18.6. The minimum Gasteiger partial charge on any atom is -0.337 e. The number of carbonyl (C=O) groups excluding carboxylic acids is 1. The molecule has 1 aliphatic rings. The predicted octanol–water partition coefficient (Wildman–Crippen LogP) is 3.15. The van der Waals surface area contributed by atoms with Gasteiger partial charge in [0.2, 0.25) is 5.95 Å². The fraction of sp³-hybridized carbons (Fsp3) is 0.200. The van der Waals surface area contributed by atoms with Gasteiger partial charge in [-0.05, 0) is 29.8 Å². The molecule has 0 spiro atoms. The highest BCUT2D eigenvalue weighted by molar-refractivity contribution is 6.30. The van der Waals surface area contributed by atoms with Gasteiger partial charge < -0.3 is 9.80 Å². The number of amides is 1. The second-order valence-electron chi connectivity index (χ2n) is 6.27. The Hall–Kier alpha value is -2.99. The molecule has 3 heterocycles. The van der Waals surface area contributed by atoms with E-state index in [9.17, 15) is 4.79 Å². The van der Waals surface area contributed by atoms with E-state index in [-0.39, 0.29) is 5.91 Å². The van der Waals surface area contributed by atoms with Crippen LogP contribution < -0.4 is 4.90 Å². The molecular weight excluding hydrogens is 362 g/mol. The van der Waals surface area contributed by atoms with Gasteiger partial charge in [-0.15, -0.1) is 0 Å². The first-order chi connectivity index (χ1) is 13.2. The lowest BCUT2D eigenvalue weighted by Gasteiger charge is -2.34. The van der Waals surface area contributed by atoms with E-state index in [0.717, 1.165) is 11.1 Å². The molecule has 0 N–H and O–H groups in total. The van der Waals surface area contributed by atoms with Crippen molar-refractivity contribution in [3.05, 3.63) is 71.8 Å². The normalized spacial score (nSPS) is 14.3. The molecule has 27 heavy (non-hydrogen) atoms. The third kappa shape index (κ3) is 3.90. The summed E-state index contributed by atoms with van der Waals surface area (Å²) in [6.45, 7) is 2.65. The fourth-order valence-electron chi connectivity index (χ4n) is 3.09. The topological polar surface area (TPSA) is 62.2 Å². The molecule has 1 aliphatic heterocycles. The SMILES string of the molecule is O=C(c1ccc(-c2cccc(Cl)c2)cn1)N1CCN(c2ncccn2)CC1. The summed E-state index contributed by atoms with van der Waals surface area (Å²) in [7, 11) is 0. The van der Waals surface area contributed by atoms with Crippen molar-refractivity contribution in [2.24, 2.45) is 0 Å². The zero-order valence-corrected chi connectivity index (χ0v) is 15.4. The lowest BCUT2D eigenvalue weighted by molar-refractivity contribution is 0.0740. The molecule has 4 rings (SSSR count). The fourth-order valence-corrected chi connectivity index (χ4v) is 3.28. The maximum atomic E-state index is 12.7. The van der Waals surface area contributed by atoms with Crippen molar-refractivity contribution in [1.82, 2.24) is 19.9 Å². The number of aromatic nitrogens is 3. The summed E-state index contributed by atoms with van der Waals surface area (Å²) in [5, 5.41) is 0.674. The molecule has 1 aromatic carbocycles. The third-order valence-electron chi connectivity index (χ3n) is 4.54. The number of carbonyl (C=O) groups is 1. The van der Waals surface area contributed by atoms with Gasteiger partial charge in [0.05, 0.1) is 0 Å². The molecular formula is C20H18ClN5O. The molecule has 7 heteroatoms. The standard InChI is InChI=1S/C20H18ClN5O/c21-17-4-1-3-15(13-17)16-5-6-18(24-14-16)19(27)25-9-11-26(12-10-25)20-22-7-2-8-23-20/h1-8,13-14H,9-12H2. The van der Waals surface area contributed by atoms with Crippen LogP contribution in [0.25, 0.3) is 11.1 Å². The van der Waals surface area contributed by atoms with E-state index >= 15 is 0 Å². The van der Waals surface area contributed by atoms with Crippen LogP contribution in [0.1, 0.15) is 10.5 Å². The number of benzene rings is 1. The number of halogens is 1. The smallest absolute Gasteiger partial charge is 0.272 e. The van der Waals surface area contributed by atoms with Crippen molar-refractivity contribution in [2.75, 3.05) is 31.1 Å². The lowest BCUT2D eigenvalue weighted by Crippen LogP contribution is -2.49. The number of nitrogens with zero attached hydrogens (tertiary/aromatic N) is 5. The number of pyridine rings is 1. The Morgan fingerprint density at radius 1 is 0.889 bits per heavy atom. The van der Waals surface area contributed by atoms with E-state index < -0.39 is 0 Å². The van der Waals surface area contributed by atoms with Gasteiger partial charge in [-0.2, -0.15) is 0 Å². The number of piperazine rings is 1. The molecule has 2 aromatic heterocycles. The summed E-state index contributed by atoms with van der Waals surface area (Å²) >= 11 is 6.04. The maximum Gasteiger partial charge on any atom is 0.272 e. The summed E-state index contributed by atoms with van der Waals surface area (Å²) in [5.74, 6) is 0.648. The van der Waals surface area contributed by atoms with Gasteiger partial charge in [0, 0.05) is 55.4 Å². The van der Waals surface area contributed by atoms with Gasteiger partial charge in [-0.3, -0.25) is 9.78 Å². The van der Waals surface area contributed by atoms with Crippen molar-refractivity contribution < 1.29 is 4.79 Å². The molecule has 1 fully saturated rings. The van der Waals surface area contributed by atoms with E-state index in [1.54, 1.807) is 30.7 Å². The minimum absolute atomic E-state index is 0.0544. The third-order valence-corrected chi connectivity index (χ3v) is 4.78. The Kier molecular flexibility index (Phi) is 4.98. The summed E-state index contributed by atoms with van der Waals surface area (Å²) in [6, 6.07) is 13.0. The Bertz CT molecular complexity index is 925. The lowest BCUT2D eigenvalue weighted by atomic mass is 10.1. The first kappa shape index (κ1) is 17.4. The van der Waals surface area contributed by atoms with E-state index in [1.807, 2.05) is 35.2 Å². The summed E-state index contributed by atoms with van der Waals surface area (Å²) in [6.07, 6.45) is 5.17. The van der Waals surface area contributed by atoms with E-state index in [0.29, 0.717) is 42.8 Å². The van der Waals surface area contributed by atoms with Crippen LogP contribution in [0, 0.1) is 0 Å². The Morgan fingerprint density at radius 3 is 2.33 bits per heavy atom. The Labute approximate surface area is 162 Å². The minimum atomic E-state index is -0.0544. The molecule has 0 unspecified atom stereocenters. The molecule has 0 saturated carbocycles. The Morgan fingerprint density at radius 2 is 1.67 bits per heavy atom. The molecule has 1 amide bonds. The van der Waals surface area contributed by atoms with Crippen molar-refractivity contribution >= 4 is 23.5 Å². The molecule has 6 nitrogen and oxygen atoms in total. The second-order valence-corrected chi connectivity index (χ2v) is 6.71. The van der Waals surface area contributed by atoms with Gasteiger partial charge in [0.25, 0.3) is 5.91 Å². The van der Waals surface area contributed by atoms with E-state index in [4.69, 9.17) is 11.6 Å². The zero-order valence-electron chi connectivity index (χ0n) is 14.6. The monoisotopic (exact) mass is 379 g/mol. The maximum absolute atomic E-state index is 12.7. The van der Waals surface area contributed by atoms with Gasteiger partial charge in [0.1, 0.15) is 5.69 Å². The quantitative estimate of drug-likeness (QED) is 0.699. The van der Waals surface area contributed by atoms with Crippen LogP contribution in [-0.4, -0.2) is 51.9 Å². The number of hydrogen-bond donors (Lipinski definition) is 0. The number of anilines is 1. The first-order valence-electron chi connectivity index (χ1n) is 8.74. The van der Waals surface area contributed by atoms with Crippen LogP contribution >= 0.6 is 11.6 Å². The van der Waals surface area contributed by atoms with Crippen molar-refractivity contribution in [3.63, 3.8) is 0 Å². The highest BCUT2D eigenvalue weighted by Gasteiger charge is 2.24. The average Bonchev–Trinajstić information content (AvgIpc) is 2.74.